The number of hydrogen-bond donors (Lipinski definition) is 0. The molecule has 7 heteroatoms. The predicted molar refractivity (Wildman–Crippen MR) is 103 cm³/mol. The minimum Gasteiger partial charge on any atom is -0.483 e. The Kier molecular flexibility index (Phi) is 4.94. The van der Waals surface area contributed by atoms with Gasteiger partial charge >= 0.3 is 0 Å². The zero-order chi connectivity index (χ0) is 18.8. The number of likely N-dealkylation sites (N-methyl/N-ethyl adjacent to an activating group) is 1. The van der Waals surface area contributed by atoms with Crippen molar-refractivity contribution in [1.82, 2.24) is 9.80 Å². The van der Waals surface area contributed by atoms with E-state index in [4.69, 9.17) is 9.47 Å². The van der Waals surface area contributed by atoms with Crippen LogP contribution in [-0.4, -0.2) is 60.5 Å². The Balaban J connectivity index is 1.48. The third kappa shape index (κ3) is 3.73. The van der Waals surface area contributed by atoms with Crippen LogP contribution in [0.2, 0.25) is 0 Å². The Hall–Kier alpha value is -2.67. The smallest absolute Gasteiger partial charge is 0.165 e. The van der Waals surface area contributed by atoms with Gasteiger partial charge in [-0.3, -0.25) is 0 Å². The molecule has 0 unspecified atom stereocenters. The summed E-state index contributed by atoms with van der Waals surface area (Å²) in [6.07, 6.45) is 5.62. The van der Waals surface area contributed by atoms with E-state index in [1.54, 1.807) is 6.07 Å². The number of nitrogens with zero attached hydrogens (tertiary/aromatic N) is 4. The summed E-state index contributed by atoms with van der Waals surface area (Å²) in [5, 5.41) is 0. The topological polar surface area (TPSA) is 49.7 Å². The monoisotopic (exact) mass is 370 g/mol. The molecule has 0 spiro atoms. The van der Waals surface area contributed by atoms with Gasteiger partial charge in [0, 0.05) is 19.3 Å². The second-order valence-corrected chi connectivity index (χ2v) is 6.62. The zero-order valence-corrected chi connectivity index (χ0v) is 15.6. The van der Waals surface area contributed by atoms with Gasteiger partial charge < -0.3 is 19.3 Å². The van der Waals surface area contributed by atoms with Crippen LogP contribution in [0.25, 0.3) is 6.08 Å². The van der Waals surface area contributed by atoms with Crippen LogP contribution in [0.5, 0.6) is 5.75 Å². The van der Waals surface area contributed by atoms with Crippen molar-refractivity contribution in [2.45, 2.75) is 20.0 Å². The summed E-state index contributed by atoms with van der Waals surface area (Å²) in [5.41, 5.74) is 1.61. The van der Waals surface area contributed by atoms with E-state index in [-0.39, 0.29) is 17.7 Å². The molecule has 3 heterocycles. The molecular formula is C20H23FN4O2. The van der Waals surface area contributed by atoms with Crippen LogP contribution in [0.4, 0.5) is 4.39 Å². The van der Waals surface area contributed by atoms with Crippen molar-refractivity contribution in [3.63, 3.8) is 0 Å². The largest absolute Gasteiger partial charge is 0.483 e. The van der Waals surface area contributed by atoms with E-state index in [0.717, 1.165) is 36.9 Å². The number of aliphatic imine (C=N–C) groups is 2. The summed E-state index contributed by atoms with van der Waals surface area (Å²) >= 11 is 0. The van der Waals surface area contributed by atoms with Gasteiger partial charge in [-0.25, -0.2) is 14.4 Å². The first-order valence-corrected chi connectivity index (χ1v) is 9.27. The Morgan fingerprint density at radius 1 is 1.22 bits per heavy atom. The lowest BCUT2D eigenvalue weighted by Gasteiger charge is -2.33. The summed E-state index contributed by atoms with van der Waals surface area (Å²) in [6, 6.07) is 4.92. The van der Waals surface area contributed by atoms with Gasteiger partial charge in [-0.2, -0.15) is 0 Å². The Bertz CT molecular complexity index is 842. The SMILES string of the molecule is CCN1C=C2N=C(C=Cc3ccc(OC4COC4)c(F)c3)N=C2N(CC)C1. The van der Waals surface area contributed by atoms with E-state index < -0.39 is 0 Å². The number of amidine groups is 2. The van der Waals surface area contributed by atoms with E-state index in [1.165, 1.54) is 6.07 Å². The molecule has 3 aliphatic heterocycles. The average molecular weight is 370 g/mol. The second-order valence-electron chi connectivity index (χ2n) is 6.62. The Labute approximate surface area is 158 Å². The first-order valence-electron chi connectivity index (χ1n) is 9.27. The van der Waals surface area contributed by atoms with Crippen molar-refractivity contribution in [2.24, 2.45) is 9.98 Å². The van der Waals surface area contributed by atoms with Crippen molar-refractivity contribution < 1.29 is 13.9 Å². The number of hydrogen-bond acceptors (Lipinski definition) is 6. The highest BCUT2D eigenvalue weighted by Gasteiger charge is 2.26. The molecular weight excluding hydrogens is 347 g/mol. The van der Waals surface area contributed by atoms with Crippen LogP contribution >= 0.6 is 0 Å². The van der Waals surface area contributed by atoms with Gasteiger partial charge in [0.25, 0.3) is 0 Å². The number of ether oxygens (including phenoxy) is 2. The molecule has 0 saturated carbocycles. The van der Waals surface area contributed by atoms with Gasteiger partial charge in [-0.1, -0.05) is 12.1 Å². The Morgan fingerprint density at radius 2 is 2.07 bits per heavy atom. The molecule has 0 aromatic heterocycles. The molecule has 0 amide bonds. The maximum absolute atomic E-state index is 14.2. The first kappa shape index (κ1) is 17.7. The van der Waals surface area contributed by atoms with Crippen molar-refractivity contribution >= 4 is 17.7 Å². The normalized spacial score (nSPS) is 19.6. The summed E-state index contributed by atoms with van der Waals surface area (Å²) in [6.45, 7) is 7.87. The van der Waals surface area contributed by atoms with Crippen LogP contribution in [0.15, 0.2) is 46.2 Å². The van der Waals surface area contributed by atoms with Gasteiger partial charge in [0.15, 0.2) is 23.2 Å². The van der Waals surface area contributed by atoms with E-state index >= 15 is 0 Å². The highest BCUT2D eigenvalue weighted by atomic mass is 19.1. The lowest BCUT2D eigenvalue weighted by molar-refractivity contribution is -0.0808. The Morgan fingerprint density at radius 3 is 2.74 bits per heavy atom. The van der Waals surface area contributed by atoms with E-state index in [1.807, 2.05) is 24.4 Å². The number of benzene rings is 1. The van der Waals surface area contributed by atoms with Gasteiger partial charge in [0.1, 0.15) is 11.8 Å². The molecule has 3 aliphatic rings. The van der Waals surface area contributed by atoms with Gasteiger partial charge in [-0.15, -0.1) is 0 Å². The fourth-order valence-corrected chi connectivity index (χ4v) is 3.05. The molecule has 4 rings (SSSR count). The molecule has 0 radical (unpaired) electrons. The fraction of sp³-hybridized carbons (Fsp3) is 0.400. The maximum atomic E-state index is 14.2. The molecule has 1 fully saturated rings. The van der Waals surface area contributed by atoms with E-state index in [2.05, 4.69) is 33.6 Å². The minimum absolute atomic E-state index is 0.0506. The second kappa shape index (κ2) is 7.52. The zero-order valence-electron chi connectivity index (χ0n) is 15.6. The lowest BCUT2D eigenvalue weighted by atomic mass is 10.2. The molecule has 1 aromatic rings. The summed E-state index contributed by atoms with van der Waals surface area (Å²) in [4.78, 5) is 13.6. The quantitative estimate of drug-likeness (QED) is 0.773. The average Bonchev–Trinajstić information content (AvgIpc) is 3.06. The molecule has 1 aromatic carbocycles. The fourth-order valence-electron chi connectivity index (χ4n) is 3.05. The van der Waals surface area contributed by atoms with Crippen LogP contribution < -0.4 is 4.74 Å². The van der Waals surface area contributed by atoms with Crippen molar-refractivity contribution in [3.8, 4) is 5.75 Å². The van der Waals surface area contributed by atoms with Crippen molar-refractivity contribution in [2.75, 3.05) is 33.0 Å². The van der Waals surface area contributed by atoms with Crippen LogP contribution in [0.3, 0.4) is 0 Å². The van der Waals surface area contributed by atoms with Crippen LogP contribution in [0.1, 0.15) is 19.4 Å². The summed E-state index contributed by atoms with van der Waals surface area (Å²) in [7, 11) is 0. The minimum atomic E-state index is -0.379. The molecule has 1 saturated heterocycles. The molecule has 142 valence electrons. The third-order valence-electron chi connectivity index (χ3n) is 4.71. The van der Waals surface area contributed by atoms with Crippen molar-refractivity contribution in [3.05, 3.63) is 47.6 Å². The van der Waals surface area contributed by atoms with Gasteiger partial charge in [0.05, 0.1) is 19.9 Å². The number of halogens is 1. The maximum Gasteiger partial charge on any atom is 0.165 e. The summed E-state index contributed by atoms with van der Waals surface area (Å²) in [5.74, 6) is 1.41. The number of rotatable bonds is 6. The van der Waals surface area contributed by atoms with Crippen molar-refractivity contribution in [1.29, 1.82) is 0 Å². The number of fused-ring (bicyclic) bond motifs is 1. The highest BCUT2D eigenvalue weighted by Crippen LogP contribution is 2.23. The molecule has 0 atom stereocenters. The van der Waals surface area contributed by atoms with Gasteiger partial charge in [0.2, 0.25) is 0 Å². The van der Waals surface area contributed by atoms with Crippen LogP contribution in [-0.2, 0) is 4.74 Å². The molecule has 27 heavy (non-hydrogen) atoms. The van der Waals surface area contributed by atoms with E-state index in [0.29, 0.717) is 19.0 Å². The highest BCUT2D eigenvalue weighted by molar-refractivity contribution is 6.16. The molecule has 0 aliphatic carbocycles. The van der Waals surface area contributed by atoms with Gasteiger partial charge in [-0.05, 0) is 37.6 Å². The summed E-state index contributed by atoms with van der Waals surface area (Å²) < 4.78 is 24.8. The molecule has 0 bridgehead atoms. The predicted octanol–water partition coefficient (Wildman–Crippen LogP) is 2.88. The lowest BCUT2D eigenvalue weighted by Crippen LogP contribution is -2.43. The standard InChI is InChI=1S/C20H23FN4O2/c1-3-24-10-17-20(25(4-2)13-24)23-19(22-17)8-6-14-5-7-18(16(21)9-14)27-15-11-26-12-15/h5-10,15H,3-4,11-13H2,1-2H3. The first-order chi connectivity index (χ1) is 13.2. The third-order valence-corrected chi connectivity index (χ3v) is 4.71. The molecule has 6 nitrogen and oxygen atoms in total. The van der Waals surface area contributed by atoms with Crippen LogP contribution in [0, 0.1) is 5.82 Å². The van der Waals surface area contributed by atoms with E-state index in [9.17, 15) is 4.39 Å². The molecule has 0 N–H and O–H groups in total.